The van der Waals surface area contributed by atoms with Gasteiger partial charge in [-0.15, -0.1) is 0 Å². The first-order chi connectivity index (χ1) is 5.04. The summed E-state index contributed by atoms with van der Waals surface area (Å²) in [6.07, 6.45) is 1.75. The van der Waals surface area contributed by atoms with E-state index in [1.807, 2.05) is 0 Å². The average Bonchev–Trinajstić information content (AvgIpc) is 1.97. The molecule has 0 aromatic carbocycles. The van der Waals surface area contributed by atoms with Crippen LogP contribution in [0.15, 0.2) is 34.4 Å². The molecule has 0 aromatic rings. The smallest absolute Gasteiger partial charge is 0.200 e. The molecule has 0 amide bonds. The van der Waals surface area contributed by atoms with Crippen LogP contribution in [0.25, 0.3) is 0 Å². The summed E-state index contributed by atoms with van der Waals surface area (Å²) in [7, 11) is 0. The molecule has 0 saturated heterocycles. The zero-order chi connectivity index (χ0) is 8.59. The van der Waals surface area contributed by atoms with Crippen LogP contribution in [-0.2, 0) is 4.79 Å². The van der Waals surface area contributed by atoms with E-state index in [2.05, 4.69) is 6.58 Å². The first-order valence-corrected chi connectivity index (χ1v) is 3.70. The Kier molecular flexibility index (Phi) is 2.01. The molecule has 0 bridgehead atoms. The molecule has 0 aromatic heterocycles. The maximum Gasteiger partial charge on any atom is 0.200 e. The Morgan fingerprint density at radius 1 is 1.45 bits per heavy atom. The van der Waals surface area contributed by atoms with Crippen molar-refractivity contribution in [3.05, 3.63) is 34.4 Å². The standard InChI is InChI=1S/C9H9ClO/c1-5-4-6(2)9(11)8(10)7(5)3/h4H,1H2,2-3H3. The van der Waals surface area contributed by atoms with E-state index in [9.17, 15) is 4.79 Å². The Labute approximate surface area is 71.0 Å². The van der Waals surface area contributed by atoms with Crippen molar-refractivity contribution in [2.75, 3.05) is 0 Å². The fourth-order valence-electron chi connectivity index (χ4n) is 0.920. The van der Waals surface area contributed by atoms with Crippen LogP contribution in [0.2, 0.25) is 0 Å². The number of hydrogen-bond acceptors (Lipinski definition) is 1. The number of carbonyl (C=O) groups excluding carboxylic acids is 1. The van der Waals surface area contributed by atoms with Crippen molar-refractivity contribution in [3.8, 4) is 0 Å². The number of carbonyl (C=O) groups is 1. The topological polar surface area (TPSA) is 17.1 Å². The highest BCUT2D eigenvalue weighted by Gasteiger charge is 2.17. The van der Waals surface area contributed by atoms with Gasteiger partial charge >= 0.3 is 0 Å². The normalized spacial score (nSPS) is 19.0. The van der Waals surface area contributed by atoms with Gasteiger partial charge in [0, 0.05) is 0 Å². The predicted octanol–water partition coefficient (Wildman–Crippen LogP) is 2.58. The number of allylic oxidation sites excluding steroid dienone is 5. The van der Waals surface area contributed by atoms with E-state index in [-0.39, 0.29) is 5.78 Å². The lowest BCUT2D eigenvalue weighted by Gasteiger charge is -2.11. The Morgan fingerprint density at radius 2 is 2.00 bits per heavy atom. The molecule has 0 heterocycles. The monoisotopic (exact) mass is 168 g/mol. The van der Waals surface area contributed by atoms with Gasteiger partial charge in [0.05, 0.1) is 5.03 Å². The van der Waals surface area contributed by atoms with Crippen molar-refractivity contribution >= 4 is 17.4 Å². The molecule has 1 rings (SSSR count). The van der Waals surface area contributed by atoms with Crippen LogP contribution in [-0.4, -0.2) is 5.78 Å². The van der Waals surface area contributed by atoms with Crippen molar-refractivity contribution in [1.82, 2.24) is 0 Å². The fourth-order valence-corrected chi connectivity index (χ4v) is 1.19. The number of halogens is 1. The molecule has 0 radical (unpaired) electrons. The molecule has 0 unspecified atom stereocenters. The number of Topliss-reactive ketones (excluding diaryl/α,β-unsaturated/α-hetero) is 1. The second kappa shape index (κ2) is 2.67. The predicted molar refractivity (Wildman–Crippen MR) is 46.5 cm³/mol. The largest absolute Gasteiger partial charge is 0.288 e. The van der Waals surface area contributed by atoms with Gasteiger partial charge < -0.3 is 0 Å². The minimum Gasteiger partial charge on any atom is -0.288 e. The number of rotatable bonds is 0. The van der Waals surface area contributed by atoms with Gasteiger partial charge in [0.25, 0.3) is 0 Å². The molecule has 0 aliphatic heterocycles. The van der Waals surface area contributed by atoms with E-state index >= 15 is 0 Å². The van der Waals surface area contributed by atoms with E-state index in [0.717, 1.165) is 11.1 Å². The van der Waals surface area contributed by atoms with Gasteiger partial charge in [-0.2, -0.15) is 0 Å². The maximum atomic E-state index is 11.2. The Bertz CT molecular complexity index is 295. The van der Waals surface area contributed by atoms with E-state index in [0.29, 0.717) is 10.6 Å². The molecule has 0 spiro atoms. The van der Waals surface area contributed by atoms with E-state index in [1.165, 1.54) is 0 Å². The van der Waals surface area contributed by atoms with Gasteiger partial charge in [-0.3, -0.25) is 4.79 Å². The second-order valence-electron chi connectivity index (χ2n) is 2.62. The quantitative estimate of drug-likeness (QED) is 0.544. The molecule has 0 fully saturated rings. The van der Waals surface area contributed by atoms with Crippen LogP contribution in [0.4, 0.5) is 0 Å². The van der Waals surface area contributed by atoms with Crippen LogP contribution in [0.5, 0.6) is 0 Å². The third-order valence-corrected chi connectivity index (χ3v) is 2.21. The Hall–Kier alpha value is -0.820. The van der Waals surface area contributed by atoms with Gasteiger partial charge in [-0.1, -0.05) is 18.2 Å². The summed E-state index contributed by atoms with van der Waals surface area (Å²) >= 11 is 5.74. The second-order valence-corrected chi connectivity index (χ2v) is 3.00. The third kappa shape index (κ3) is 1.29. The van der Waals surface area contributed by atoms with Crippen molar-refractivity contribution in [1.29, 1.82) is 0 Å². The summed E-state index contributed by atoms with van der Waals surface area (Å²) in [5.41, 5.74) is 2.26. The molecular weight excluding hydrogens is 160 g/mol. The van der Waals surface area contributed by atoms with Crippen LogP contribution < -0.4 is 0 Å². The van der Waals surface area contributed by atoms with Crippen LogP contribution in [0.1, 0.15) is 13.8 Å². The summed E-state index contributed by atoms with van der Waals surface area (Å²) in [6.45, 7) is 7.30. The Balaban J connectivity index is 3.19. The first-order valence-electron chi connectivity index (χ1n) is 3.32. The van der Waals surface area contributed by atoms with Crippen LogP contribution in [0.3, 0.4) is 0 Å². The lowest BCUT2D eigenvalue weighted by molar-refractivity contribution is -0.111. The SMILES string of the molecule is C=C1C=C(C)C(=O)C(Cl)=C1C. The molecule has 0 saturated carbocycles. The molecule has 0 atom stereocenters. The molecule has 11 heavy (non-hydrogen) atoms. The Morgan fingerprint density at radius 3 is 2.55 bits per heavy atom. The van der Waals surface area contributed by atoms with Crippen molar-refractivity contribution in [2.24, 2.45) is 0 Å². The summed E-state index contributed by atoms with van der Waals surface area (Å²) in [5.74, 6) is -0.0865. The van der Waals surface area contributed by atoms with E-state index in [1.54, 1.807) is 19.9 Å². The fraction of sp³-hybridized carbons (Fsp3) is 0.222. The average molecular weight is 169 g/mol. The van der Waals surface area contributed by atoms with Crippen molar-refractivity contribution < 1.29 is 4.79 Å². The van der Waals surface area contributed by atoms with Crippen molar-refractivity contribution in [2.45, 2.75) is 13.8 Å². The molecule has 0 N–H and O–H groups in total. The molecule has 1 aliphatic carbocycles. The summed E-state index contributed by atoms with van der Waals surface area (Å²) in [5, 5.41) is 0.301. The zero-order valence-electron chi connectivity index (χ0n) is 6.57. The molecule has 1 aliphatic rings. The molecule has 1 nitrogen and oxygen atoms in total. The van der Waals surface area contributed by atoms with Crippen molar-refractivity contribution in [3.63, 3.8) is 0 Å². The van der Waals surface area contributed by atoms with Gasteiger partial charge in [0.15, 0.2) is 5.78 Å². The number of hydrogen-bond donors (Lipinski definition) is 0. The highest BCUT2D eigenvalue weighted by molar-refractivity contribution is 6.46. The molecule has 2 heteroatoms. The minimum atomic E-state index is -0.0865. The summed E-state index contributed by atoms with van der Waals surface area (Å²) in [4.78, 5) is 11.2. The highest BCUT2D eigenvalue weighted by Crippen LogP contribution is 2.26. The summed E-state index contributed by atoms with van der Waals surface area (Å²) in [6, 6.07) is 0. The van der Waals surface area contributed by atoms with Gasteiger partial charge in [0.2, 0.25) is 0 Å². The lowest BCUT2D eigenvalue weighted by atomic mass is 9.96. The van der Waals surface area contributed by atoms with Gasteiger partial charge in [0.1, 0.15) is 0 Å². The zero-order valence-corrected chi connectivity index (χ0v) is 7.33. The van der Waals surface area contributed by atoms with Crippen LogP contribution >= 0.6 is 11.6 Å². The summed E-state index contributed by atoms with van der Waals surface area (Å²) < 4.78 is 0. The highest BCUT2D eigenvalue weighted by atomic mass is 35.5. The van der Waals surface area contributed by atoms with Gasteiger partial charge in [-0.05, 0) is 36.6 Å². The number of ketones is 1. The lowest BCUT2D eigenvalue weighted by Crippen LogP contribution is -2.07. The molecular formula is C9H9ClO. The maximum absolute atomic E-state index is 11.2. The van der Waals surface area contributed by atoms with E-state index in [4.69, 9.17) is 11.6 Å². The van der Waals surface area contributed by atoms with Gasteiger partial charge in [-0.25, -0.2) is 0 Å². The van der Waals surface area contributed by atoms with Crippen LogP contribution in [0, 0.1) is 0 Å². The third-order valence-electron chi connectivity index (χ3n) is 1.76. The minimum absolute atomic E-state index is 0.0865. The molecule has 58 valence electrons. The van der Waals surface area contributed by atoms with E-state index < -0.39 is 0 Å². The first kappa shape index (κ1) is 8.28.